The Morgan fingerprint density at radius 1 is 1.14 bits per heavy atom. The van der Waals surface area contributed by atoms with E-state index in [0.29, 0.717) is 21.9 Å². The number of rotatable bonds is 4. The Balaban J connectivity index is 2.23. The summed E-state index contributed by atoms with van der Waals surface area (Å²) in [4.78, 5) is 13.5. The van der Waals surface area contributed by atoms with Crippen molar-refractivity contribution in [1.29, 1.82) is 0 Å². The molecule has 3 rings (SSSR count). The van der Waals surface area contributed by atoms with Gasteiger partial charge < -0.3 is 14.0 Å². The molecule has 0 radical (unpaired) electrons. The first-order valence-electron chi connectivity index (χ1n) is 6.45. The Labute approximate surface area is 126 Å². The number of hydrogen-bond donors (Lipinski definition) is 0. The maximum absolute atomic E-state index is 12.8. The molecule has 4 nitrogen and oxygen atoms in total. The summed E-state index contributed by atoms with van der Waals surface area (Å²) in [7, 11) is 5.11. The molecule has 0 unspecified atom stereocenters. The van der Waals surface area contributed by atoms with E-state index in [1.54, 1.807) is 20.3 Å². The molecule has 0 aliphatic carbocycles. The van der Waals surface area contributed by atoms with Crippen LogP contribution in [0.5, 0.6) is 11.5 Å². The third-order valence-electron chi connectivity index (χ3n) is 3.50. The highest BCUT2D eigenvalue weighted by molar-refractivity contribution is 7.12. The second-order valence-electron chi connectivity index (χ2n) is 4.66. The lowest BCUT2D eigenvalue weighted by molar-refractivity contribution is 0.104. The van der Waals surface area contributed by atoms with Crippen LogP contribution in [0.1, 0.15) is 15.2 Å². The Morgan fingerprint density at radius 2 is 1.90 bits per heavy atom. The number of ketones is 1. The number of carbonyl (C=O) groups is 1. The van der Waals surface area contributed by atoms with E-state index in [4.69, 9.17) is 9.47 Å². The molecule has 1 aromatic carbocycles. The predicted molar refractivity (Wildman–Crippen MR) is 83.8 cm³/mol. The molecule has 0 saturated carbocycles. The van der Waals surface area contributed by atoms with Gasteiger partial charge in [-0.1, -0.05) is 6.07 Å². The molecule has 0 aliphatic rings. The number of nitrogens with zero attached hydrogens (tertiary/aromatic N) is 1. The molecule has 3 aromatic rings. The number of benzene rings is 1. The lowest BCUT2D eigenvalue weighted by Crippen LogP contribution is -2.00. The van der Waals surface area contributed by atoms with Crippen LogP contribution >= 0.6 is 11.3 Å². The number of methoxy groups -OCH3 is 2. The third kappa shape index (κ3) is 2.10. The molecule has 0 amide bonds. The van der Waals surface area contributed by atoms with Gasteiger partial charge in [-0.25, -0.2) is 0 Å². The lowest BCUT2D eigenvalue weighted by Gasteiger charge is -2.05. The molecular formula is C16H15NO3S. The molecule has 0 spiro atoms. The molecule has 21 heavy (non-hydrogen) atoms. The fourth-order valence-corrected chi connectivity index (χ4v) is 3.31. The van der Waals surface area contributed by atoms with Crippen LogP contribution in [0.25, 0.3) is 10.9 Å². The SMILES string of the molecule is COc1ccsc1C(=O)c1cn(C)c2cccc(OC)c12. The van der Waals surface area contributed by atoms with Crippen molar-refractivity contribution in [3.63, 3.8) is 0 Å². The zero-order valence-electron chi connectivity index (χ0n) is 12.0. The summed E-state index contributed by atoms with van der Waals surface area (Å²) in [5, 5.41) is 2.69. The normalized spacial score (nSPS) is 10.8. The van der Waals surface area contributed by atoms with Crippen molar-refractivity contribution in [3.05, 3.63) is 46.3 Å². The molecule has 2 aromatic heterocycles. The minimum absolute atomic E-state index is 0.0445. The van der Waals surface area contributed by atoms with Gasteiger partial charge in [-0.05, 0) is 23.6 Å². The first-order valence-corrected chi connectivity index (χ1v) is 7.33. The number of thiophene rings is 1. The monoisotopic (exact) mass is 301 g/mol. The number of hydrogen-bond acceptors (Lipinski definition) is 4. The predicted octanol–water partition coefficient (Wildman–Crippen LogP) is 3.49. The Kier molecular flexibility index (Phi) is 3.43. The van der Waals surface area contributed by atoms with Gasteiger partial charge in [0.15, 0.2) is 0 Å². The number of fused-ring (bicyclic) bond motifs is 1. The summed E-state index contributed by atoms with van der Waals surface area (Å²) in [5.74, 6) is 1.26. The molecule has 0 fully saturated rings. The number of aryl methyl sites for hydroxylation is 1. The maximum Gasteiger partial charge on any atom is 0.209 e. The van der Waals surface area contributed by atoms with Crippen LogP contribution in [0.2, 0.25) is 0 Å². The van der Waals surface area contributed by atoms with Crippen molar-refractivity contribution < 1.29 is 14.3 Å². The molecular weight excluding hydrogens is 286 g/mol. The summed E-state index contributed by atoms with van der Waals surface area (Å²) in [5.41, 5.74) is 1.60. The Bertz CT molecular complexity index is 816. The smallest absolute Gasteiger partial charge is 0.209 e. The molecule has 0 saturated heterocycles. The average molecular weight is 301 g/mol. The van der Waals surface area contributed by atoms with E-state index in [0.717, 1.165) is 10.9 Å². The second kappa shape index (κ2) is 5.26. The van der Waals surface area contributed by atoms with Gasteiger partial charge in [-0.15, -0.1) is 11.3 Å². The largest absolute Gasteiger partial charge is 0.496 e. The van der Waals surface area contributed by atoms with Gasteiger partial charge in [-0.2, -0.15) is 0 Å². The van der Waals surface area contributed by atoms with Crippen molar-refractivity contribution in [1.82, 2.24) is 4.57 Å². The minimum atomic E-state index is -0.0445. The van der Waals surface area contributed by atoms with Crippen LogP contribution in [0.3, 0.4) is 0 Å². The van der Waals surface area contributed by atoms with Crippen LogP contribution < -0.4 is 9.47 Å². The lowest BCUT2D eigenvalue weighted by atomic mass is 10.1. The van der Waals surface area contributed by atoms with Gasteiger partial charge in [0, 0.05) is 13.2 Å². The van der Waals surface area contributed by atoms with Crippen molar-refractivity contribution in [3.8, 4) is 11.5 Å². The molecule has 0 N–H and O–H groups in total. The van der Waals surface area contributed by atoms with E-state index < -0.39 is 0 Å². The third-order valence-corrected chi connectivity index (χ3v) is 4.39. The van der Waals surface area contributed by atoms with Gasteiger partial charge in [-0.3, -0.25) is 4.79 Å². The first-order chi connectivity index (χ1) is 10.2. The van der Waals surface area contributed by atoms with Crippen molar-refractivity contribution >= 4 is 28.0 Å². The summed E-state index contributed by atoms with van der Waals surface area (Å²) in [6.45, 7) is 0. The van der Waals surface area contributed by atoms with Gasteiger partial charge in [0.1, 0.15) is 16.4 Å². The maximum atomic E-state index is 12.8. The van der Waals surface area contributed by atoms with E-state index in [9.17, 15) is 4.79 Å². The zero-order chi connectivity index (χ0) is 15.0. The van der Waals surface area contributed by atoms with Crippen LogP contribution in [0, 0.1) is 0 Å². The standard InChI is InChI=1S/C16H15NO3S/c1-17-9-10(14-11(17)5-4-6-12(14)19-2)15(18)16-13(20-3)7-8-21-16/h4-9H,1-3H3. The number of ether oxygens (including phenoxy) is 2. The van der Waals surface area contributed by atoms with Crippen LogP contribution in [-0.2, 0) is 7.05 Å². The summed E-state index contributed by atoms with van der Waals surface area (Å²) in [6, 6.07) is 7.56. The molecule has 5 heteroatoms. The van der Waals surface area contributed by atoms with Crippen LogP contribution in [0.15, 0.2) is 35.8 Å². The van der Waals surface area contributed by atoms with Crippen molar-refractivity contribution in [2.24, 2.45) is 7.05 Å². The molecule has 0 atom stereocenters. The van der Waals surface area contributed by atoms with E-state index in [2.05, 4.69) is 0 Å². The zero-order valence-corrected chi connectivity index (χ0v) is 12.9. The quantitative estimate of drug-likeness (QED) is 0.693. The Morgan fingerprint density at radius 3 is 2.62 bits per heavy atom. The van der Waals surface area contributed by atoms with Gasteiger partial charge >= 0.3 is 0 Å². The number of carbonyl (C=O) groups excluding carboxylic acids is 1. The number of aromatic nitrogens is 1. The molecule has 0 aliphatic heterocycles. The molecule has 2 heterocycles. The second-order valence-corrected chi connectivity index (χ2v) is 5.57. The first kappa shape index (κ1) is 13.7. The van der Waals surface area contributed by atoms with Crippen LogP contribution in [-0.4, -0.2) is 24.6 Å². The van der Waals surface area contributed by atoms with E-state index in [1.165, 1.54) is 11.3 Å². The van der Waals surface area contributed by atoms with Gasteiger partial charge in [0.2, 0.25) is 5.78 Å². The fourth-order valence-electron chi connectivity index (χ4n) is 2.50. The van der Waals surface area contributed by atoms with Crippen LogP contribution in [0.4, 0.5) is 0 Å². The summed E-state index contributed by atoms with van der Waals surface area (Å²) < 4.78 is 12.6. The Hall–Kier alpha value is -2.27. The van der Waals surface area contributed by atoms with Gasteiger partial charge in [0.25, 0.3) is 0 Å². The van der Waals surface area contributed by atoms with E-state index >= 15 is 0 Å². The summed E-state index contributed by atoms with van der Waals surface area (Å²) >= 11 is 1.38. The molecule has 108 valence electrons. The van der Waals surface area contributed by atoms with Gasteiger partial charge in [0.05, 0.1) is 30.7 Å². The van der Waals surface area contributed by atoms with E-state index in [1.807, 2.05) is 41.4 Å². The minimum Gasteiger partial charge on any atom is -0.496 e. The molecule has 0 bridgehead atoms. The highest BCUT2D eigenvalue weighted by Gasteiger charge is 2.22. The van der Waals surface area contributed by atoms with Crippen molar-refractivity contribution in [2.45, 2.75) is 0 Å². The fraction of sp³-hybridized carbons (Fsp3) is 0.188. The average Bonchev–Trinajstić information content (AvgIpc) is 3.11. The topological polar surface area (TPSA) is 40.5 Å². The highest BCUT2D eigenvalue weighted by Crippen LogP contribution is 2.34. The van der Waals surface area contributed by atoms with Crippen molar-refractivity contribution in [2.75, 3.05) is 14.2 Å². The highest BCUT2D eigenvalue weighted by atomic mass is 32.1. The summed E-state index contributed by atoms with van der Waals surface area (Å²) in [6.07, 6.45) is 1.84. The van der Waals surface area contributed by atoms with E-state index in [-0.39, 0.29) is 5.78 Å².